The Balaban J connectivity index is 1.62. The largest absolute Gasteiger partial charge is 0.379 e. The minimum Gasteiger partial charge on any atom is -0.379 e. The van der Waals surface area contributed by atoms with Crippen molar-refractivity contribution in [3.63, 3.8) is 0 Å². The molecule has 1 aliphatic rings. The Morgan fingerprint density at radius 1 is 0.964 bits per heavy atom. The quantitative estimate of drug-likeness (QED) is 0.578. The van der Waals surface area contributed by atoms with Crippen molar-refractivity contribution in [1.29, 1.82) is 0 Å². The molecular weight excluding hydrogens is 388 g/mol. The molecule has 1 saturated heterocycles. The molecule has 28 heavy (non-hydrogen) atoms. The fraction of sp³-hybridized carbons (Fsp3) is 0.235. The van der Waals surface area contributed by atoms with Gasteiger partial charge in [0.2, 0.25) is 10.0 Å². The fourth-order valence-electron chi connectivity index (χ4n) is 2.61. The summed E-state index contributed by atoms with van der Waals surface area (Å²) in [6.07, 6.45) is 0. The van der Waals surface area contributed by atoms with E-state index in [0.29, 0.717) is 37.7 Å². The van der Waals surface area contributed by atoms with Crippen LogP contribution < -0.4 is 10.6 Å². The van der Waals surface area contributed by atoms with Gasteiger partial charge in [0.1, 0.15) is 0 Å². The van der Waals surface area contributed by atoms with Gasteiger partial charge in [0, 0.05) is 36.6 Å². The van der Waals surface area contributed by atoms with Gasteiger partial charge in [-0.1, -0.05) is 0 Å². The van der Waals surface area contributed by atoms with Gasteiger partial charge in [-0.25, -0.2) is 13.2 Å². The molecular formula is C17H18N4O6S. The van der Waals surface area contributed by atoms with E-state index in [-0.39, 0.29) is 10.6 Å². The van der Waals surface area contributed by atoms with Crippen LogP contribution in [-0.4, -0.2) is 50.0 Å². The highest BCUT2D eigenvalue weighted by Crippen LogP contribution is 2.20. The van der Waals surface area contributed by atoms with Gasteiger partial charge in [-0.05, 0) is 36.4 Å². The number of non-ortho nitro benzene ring substituents is 1. The van der Waals surface area contributed by atoms with Crippen molar-refractivity contribution in [2.45, 2.75) is 4.90 Å². The Morgan fingerprint density at radius 3 is 1.96 bits per heavy atom. The van der Waals surface area contributed by atoms with Gasteiger partial charge in [0.05, 0.1) is 23.0 Å². The van der Waals surface area contributed by atoms with Crippen LogP contribution >= 0.6 is 0 Å². The molecule has 0 spiro atoms. The first-order valence-corrected chi connectivity index (χ1v) is 9.81. The van der Waals surface area contributed by atoms with E-state index in [1.807, 2.05) is 0 Å². The van der Waals surface area contributed by atoms with E-state index in [2.05, 4.69) is 10.6 Å². The minimum atomic E-state index is -3.60. The van der Waals surface area contributed by atoms with Crippen molar-refractivity contribution in [1.82, 2.24) is 4.31 Å². The van der Waals surface area contributed by atoms with Gasteiger partial charge in [-0.2, -0.15) is 4.31 Å². The molecule has 11 heteroatoms. The molecule has 1 aliphatic heterocycles. The van der Waals surface area contributed by atoms with Gasteiger partial charge in [-0.3, -0.25) is 10.1 Å². The number of rotatable bonds is 5. The lowest BCUT2D eigenvalue weighted by atomic mass is 10.3. The van der Waals surface area contributed by atoms with Crippen LogP contribution in [0, 0.1) is 10.1 Å². The third kappa shape index (κ3) is 4.63. The van der Waals surface area contributed by atoms with Crippen molar-refractivity contribution in [2.24, 2.45) is 0 Å². The first-order chi connectivity index (χ1) is 13.4. The zero-order chi connectivity index (χ0) is 20.1. The Hall–Kier alpha value is -3.02. The molecule has 0 unspecified atom stereocenters. The first-order valence-electron chi connectivity index (χ1n) is 8.37. The molecule has 0 aliphatic carbocycles. The molecule has 3 rings (SSSR count). The summed E-state index contributed by atoms with van der Waals surface area (Å²) < 4.78 is 31.6. The number of nitro benzene ring substituents is 1. The summed E-state index contributed by atoms with van der Waals surface area (Å²) in [6, 6.07) is 10.6. The van der Waals surface area contributed by atoms with E-state index >= 15 is 0 Å². The second-order valence-corrected chi connectivity index (χ2v) is 7.86. The first kappa shape index (κ1) is 19.7. The van der Waals surface area contributed by atoms with Crippen LogP contribution in [0.15, 0.2) is 53.4 Å². The number of benzene rings is 2. The van der Waals surface area contributed by atoms with Crippen LogP contribution in [0.5, 0.6) is 0 Å². The summed E-state index contributed by atoms with van der Waals surface area (Å²) in [5.41, 5.74) is 0.706. The molecule has 0 saturated carbocycles. The minimum absolute atomic E-state index is 0.0805. The number of carbonyl (C=O) groups excluding carboxylic acids is 1. The van der Waals surface area contributed by atoms with Crippen molar-refractivity contribution in [2.75, 3.05) is 36.9 Å². The molecule has 1 heterocycles. The molecule has 0 atom stereocenters. The molecule has 1 fully saturated rings. The second-order valence-electron chi connectivity index (χ2n) is 5.92. The Kier molecular flexibility index (Phi) is 5.87. The maximum absolute atomic E-state index is 12.6. The number of nitrogens with zero attached hydrogens (tertiary/aromatic N) is 2. The van der Waals surface area contributed by atoms with Gasteiger partial charge in [0.15, 0.2) is 0 Å². The van der Waals surface area contributed by atoms with Gasteiger partial charge in [0.25, 0.3) is 5.69 Å². The molecule has 2 amide bonds. The van der Waals surface area contributed by atoms with Crippen LogP contribution in [0.25, 0.3) is 0 Å². The van der Waals surface area contributed by atoms with Crippen molar-refractivity contribution >= 4 is 33.1 Å². The summed E-state index contributed by atoms with van der Waals surface area (Å²) in [5.74, 6) is 0. The number of carbonyl (C=O) groups is 1. The highest BCUT2D eigenvalue weighted by Gasteiger charge is 2.26. The van der Waals surface area contributed by atoms with Crippen LogP contribution in [0.1, 0.15) is 0 Å². The van der Waals surface area contributed by atoms with Crippen molar-refractivity contribution in [3.05, 3.63) is 58.6 Å². The summed E-state index contributed by atoms with van der Waals surface area (Å²) >= 11 is 0. The number of nitro groups is 1. The molecule has 10 nitrogen and oxygen atoms in total. The molecule has 2 aromatic rings. The van der Waals surface area contributed by atoms with Gasteiger partial charge < -0.3 is 15.4 Å². The van der Waals surface area contributed by atoms with Crippen molar-refractivity contribution in [3.8, 4) is 0 Å². The van der Waals surface area contributed by atoms with Gasteiger partial charge >= 0.3 is 6.03 Å². The lowest BCUT2D eigenvalue weighted by Gasteiger charge is -2.26. The number of hydrogen-bond donors (Lipinski definition) is 2. The van der Waals surface area contributed by atoms with Crippen LogP contribution in [0.4, 0.5) is 21.9 Å². The lowest BCUT2D eigenvalue weighted by Crippen LogP contribution is -2.40. The number of amides is 2. The summed E-state index contributed by atoms with van der Waals surface area (Å²) in [5, 5.41) is 15.7. The SMILES string of the molecule is O=C(Nc1ccc([N+](=O)[O-])cc1)Nc1ccc(S(=O)(=O)N2CCOCC2)cc1. The van der Waals surface area contributed by atoms with Gasteiger partial charge in [-0.15, -0.1) is 0 Å². The zero-order valence-electron chi connectivity index (χ0n) is 14.7. The average molecular weight is 406 g/mol. The lowest BCUT2D eigenvalue weighted by molar-refractivity contribution is -0.384. The maximum atomic E-state index is 12.6. The maximum Gasteiger partial charge on any atom is 0.323 e. The summed E-state index contributed by atoms with van der Waals surface area (Å²) in [4.78, 5) is 22.3. The number of nitrogens with one attached hydrogen (secondary N) is 2. The standard InChI is InChI=1S/C17H18N4O6S/c22-17(18-13-1-5-15(6-2-13)21(23)24)19-14-3-7-16(8-4-14)28(25,26)20-9-11-27-12-10-20/h1-8H,9-12H2,(H2,18,19,22). The summed E-state index contributed by atoms with van der Waals surface area (Å²) in [7, 11) is -3.60. The zero-order valence-corrected chi connectivity index (χ0v) is 15.5. The number of hydrogen-bond acceptors (Lipinski definition) is 6. The number of ether oxygens (including phenoxy) is 1. The number of sulfonamides is 1. The van der Waals surface area contributed by atoms with E-state index < -0.39 is 21.0 Å². The topological polar surface area (TPSA) is 131 Å². The third-order valence-corrected chi connectivity index (χ3v) is 5.97. The van der Waals surface area contributed by atoms with Crippen LogP contribution in [0.3, 0.4) is 0 Å². The van der Waals surface area contributed by atoms with Crippen LogP contribution in [0.2, 0.25) is 0 Å². The molecule has 2 N–H and O–H groups in total. The second kappa shape index (κ2) is 8.33. The Labute approximate surface area is 161 Å². The smallest absolute Gasteiger partial charge is 0.323 e. The third-order valence-electron chi connectivity index (χ3n) is 4.06. The molecule has 0 aromatic heterocycles. The normalized spacial score (nSPS) is 15.0. The van der Waals surface area contributed by atoms with E-state index in [4.69, 9.17) is 4.74 Å². The van der Waals surface area contributed by atoms with Crippen molar-refractivity contribution < 1.29 is 22.9 Å². The predicted molar refractivity (Wildman–Crippen MR) is 102 cm³/mol. The molecule has 148 valence electrons. The number of anilines is 2. The fourth-order valence-corrected chi connectivity index (χ4v) is 4.01. The number of morpholine rings is 1. The number of urea groups is 1. The van der Waals surface area contributed by atoms with E-state index in [1.165, 1.54) is 52.8 Å². The molecule has 0 bridgehead atoms. The van der Waals surface area contributed by atoms with E-state index in [9.17, 15) is 23.3 Å². The average Bonchev–Trinajstić information content (AvgIpc) is 2.69. The molecule has 0 radical (unpaired) electrons. The molecule has 2 aromatic carbocycles. The Morgan fingerprint density at radius 2 is 1.46 bits per heavy atom. The highest BCUT2D eigenvalue weighted by atomic mass is 32.2. The van der Waals surface area contributed by atoms with E-state index in [0.717, 1.165) is 0 Å². The summed E-state index contributed by atoms with van der Waals surface area (Å²) in [6.45, 7) is 1.34. The monoisotopic (exact) mass is 406 g/mol. The Bertz CT molecular complexity index is 954. The van der Waals surface area contributed by atoms with Crippen LogP contribution in [-0.2, 0) is 14.8 Å². The van der Waals surface area contributed by atoms with E-state index in [1.54, 1.807) is 0 Å². The predicted octanol–water partition coefficient (Wildman–Crippen LogP) is 2.26. The highest BCUT2D eigenvalue weighted by molar-refractivity contribution is 7.89.